The van der Waals surface area contributed by atoms with Crippen molar-refractivity contribution < 1.29 is 4.79 Å². The third-order valence-corrected chi connectivity index (χ3v) is 4.50. The summed E-state index contributed by atoms with van der Waals surface area (Å²) in [5, 5.41) is 0.310. The summed E-state index contributed by atoms with van der Waals surface area (Å²) in [6, 6.07) is 8.09. The number of rotatable bonds is 3. The van der Waals surface area contributed by atoms with Crippen LogP contribution < -0.4 is 4.90 Å². The maximum Gasteiger partial charge on any atom is 0.227 e. The molecule has 1 aliphatic carbocycles. The van der Waals surface area contributed by atoms with E-state index in [2.05, 4.69) is 9.97 Å². The fraction of sp³-hybridized carbons (Fsp3) is 0.353. The number of carbonyl (C=O) groups excluding carboxylic acids is 1. The highest BCUT2D eigenvalue weighted by atomic mass is 35.5. The number of hydrogen-bond acceptors (Lipinski definition) is 3. The zero-order chi connectivity index (χ0) is 15.1. The van der Waals surface area contributed by atoms with Crippen LogP contribution in [0.1, 0.15) is 37.3 Å². The van der Waals surface area contributed by atoms with Gasteiger partial charge in [-0.25, -0.2) is 9.97 Å². The molecule has 0 atom stereocenters. The minimum Gasteiger partial charge on any atom is -0.312 e. The summed E-state index contributed by atoms with van der Waals surface area (Å²) < 4.78 is 0. The smallest absolute Gasteiger partial charge is 0.227 e. The van der Waals surface area contributed by atoms with Crippen molar-refractivity contribution in [1.82, 2.24) is 9.97 Å². The fourth-order valence-electron chi connectivity index (χ4n) is 3.00. The monoisotopic (exact) mass is 313 g/mol. The number of anilines is 1. The van der Waals surface area contributed by atoms with Crippen LogP contribution in [-0.4, -0.2) is 22.4 Å². The van der Waals surface area contributed by atoms with Crippen LogP contribution in [0.15, 0.2) is 30.5 Å². The molecule has 4 nitrogen and oxygen atoms in total. The second-order valence-corrected chi connectivity index (χ2v) is 6.25. The molecule has 0 bridgehead atoms. The average molecular weight is 314 g/mol. The van der Waals surface area contributed by atoms with Crippen LogP contribution in [-0.2, 0) is 4.79 Å². The van der Waals surface area contributed by atoms with Crippen LogP contribution in [0, 0.1) is 0 Å². The van der Waals surface area contributed by atoms with E-state index in [4.69, 9.17) is 11.6 Å². The van der Waals surface area contributed by atoms with Gasteiger partial charge in [-0.2, -0.15) is 0 Å². The summed E-state index contributed by atoms with van der Waals surface area (Å²) in [4.78, 5) is 22.2. The van der Waals surface area contributed by atoms with Crippen molar-refractivity contribution in [1.29, 1.82) is 0 Å². The Bertz CT molecular complexity index is 725. The molecule has 1 amide bonds. The van der Waals surface area contributed by atoms with E-state index in [9.17, 15) is 4.79 Å². The summed E-state index contributed by atoms with van der Waals surface area (Å²) in [5.41, 5.74) is 4.14. The van der Waals surface area contributed by atoms with Crippen LogP contribution in [0.4, 0.5) is 5.69 Å². The Labute approximate surface area is 134 Å². The third-order valence-electron chi connectivity index (χ3n) is 4.32. The zero-order valence-electron chi connectivity index (χ0n) is 12.1. The van der Waals surface area contributed by atoms with Crippen molar-refractivity contribution in [3.63, 3.8) is 0 Å². The van der Waals surface area contributed by atoms with Gasteiger partial charge < -0.3 is 4.90 Å². The standard InChI is InChI=1S/C17H16ClN3O/c18-17-19-10-14(16(20-17)12-3-4-12)11-5-7-13(8-6-11)21-9-1-2-15(21)22/h5-8,10,12H,1-4,9H2. The molecule has 1 saturated carbocycles. The highest BCUT2D eigenvalue weighted by molar-refractivity contribution is 6.28. The van der Waals surface area contributed by atoms with Crippen molar-refractivity contribution in [2.24, 2.45) is 0 Å². The Kier molecular flexibility index (Phi) is 3.34. The van der Waals surface area contributed by atoms with Crippen LogP contribution in [0.3, 0.4) is 0 Å². The van der Waals surface area contributed by atoms with E-state index in [0.29, 0.717) is 17.6 Å². The third kappa shape index (κ3) is 2.48. The van der Waals surface area contributed by atoms with Crippen LogP contribution in [0.5, 0.6) is 0 Å². The van der Waals surface area contributed by atoms with E-state index >= 15 is 0 Å². The van der Waals surface area contributed by atoms with Gasteiger partial charge in [0.25, 0.3) is 0 Å². The van der Waals surface area contributed by atoms with Gasteiger partial charge in [0.1, 0.15) is 0 Å². The molecule has 0 N–H and O–H groups in total. The highest BCUT2D eigenvalue weighted by Crippen LogP contribution is 2.43. The quantitative estimate of drug-likeness (QED) is 0.810. The molecule has 5 heteroatoms. The van der Waals surface area contributed by atoms with Gasteiger partial charge in [0, 0.05) is 36.3 Å². The molecule has 1 aromatic carbocycles. The molecular formula is C17H16ClN3O. The van der Waals surface area contributed by atoms with Crippen molar-refractivity contribution in [3.8, 4) is 11.1 Å². The lowest BCUT2D eigenvalue weighted by molar-refractivity contribution is -0.117. The predicted molar refractivity (Wildman–Crippen MR) is 86.0 cm³/mol. The molecule has 2 heterocycles. The van der Waals surface area contributed by atoms with E-state index in [-0.39, 0.29) is 5.91 Å². The van der Waals surface area contributed by atoms with Crippen LogP contribution >= 0.6 is 11.6 Å². The Morgan fingerprint density at radius 3 is 2.59 bits per heavy atom. The number of aromatic nitrogens is 2. The number of hydrogen-bond donors (Lipinski definition) is 0. The van der Waals surface area contributed by atoms with E-state index in [0.717, 1.165) is 35.5 Å². The van der Waals surface area contributed by atoms with Gasteiger partial charge in [0.05, 0.1) is 5.69 Å². The molecule has 4 rings (SSSR count). The molecule has 22 heavy (non-hydrogen) atoms. The first-order valence-electron chi connectivity index (χ1n) is 7.65. The molecule has 2 fully saturated rings. The lowest BCUT2D eigenvalue weighted by atomic mass is 10.0. The molecule has 1 aliphatic heterocycles. The lowest BCUT2D eigenvalue weighted by Crippen LogP contribution is -2.23. The Hall–Kier alpha value is -1.94. The van der Waals surface area contributed by atoms with Gasteiger partial charge in [-0.1, -0.05) is 12.1 Å². The molecular weight excluding hydrogens is 298 g/mol. The molecule has 2 aliphatic rings. The van der Waals surface area contributed by atoms with E-state index in [1.165, 1.54) is 12.8 Å². The van der Waals surface area contributed by atoms with Crippen LogP contribution in [0.2, 0.25) is 5.28 Å². The number of benzene rings is 1. The number of carbonyl (C=O) groups is 1. The number of halogens is 1. The van der Waals surface area contributed by atoms with E-state index in [1.807, 2.05) is 29.2 Å². The lowest BCUT2D eigenvalue weighted by Gasteiger charge is -2.16. The summed E-state index contributed by atoms with van der Waals surface area (Å²) in [5.74, 6) is 0.719. The van der Waals surface area contributed by atoms with Crippen molar-refractivity contribution in [2.75, 3.05) is 11.4 Å². The van der Waals surface area contributed by atoms with Crippen molar-refractivity contribution in [3.05, 3.63) is 41.4 Å². The summed E-state index contributed by atoms with van der Waals surface area (Å²) in [6.07, 6.45) is 5.73. The summed E-state index contributed by atoms with van der Waals surface area (Å²) in [7, 11) is 0. The first kappa shape index (κ1) is 13.7. The second kappa shape index (κ2) is 5.36. The molecule has 0 unspecified atom stereocenters. The fourth-order valence-corrected chi connectivity index (χ4v) is 3.14. The molecule has 112 valence electrons. The predicted octanol–water partition coefficient (Wildman–Crippen LogP) is 3.80. The molecule has 2 aromatic rings. The van der Waals surface area contributed by atoms with E-state index < -0.39 is 0 Å². The summed E-state index contributed by atoms with van der Waals surface area (Å²) >= 11 is 5.94. The first-order chi connectivity index (χ1) is 10.7. The molecule has 1 aromatic heterocycles. The maximum atomic E-state index is 11.8. The zero-order valence-corrected chi connectivity index (χ0v) is 12.9. The normalized spacial score (nSPS) is 18.0. The topological polar surface area (TPSA) is 46.1 Å². The van der Waals surface area contributed by atoms with Gasteiger partial charge >= 0.3 is 0 Å². The highest BCUT2D eigenvalue weighted by Gasteiger charge is 2.29. The number of nitrogens with zero attached hydrogens (tertiary/aromatic N) is 3. The van der Waals surface area contributed by atoms with Crippen molar-refractivity contribution in [2.45, 2.75) is 31.6 Å². The van der Waals surface area contributed by atoms with Gasteiger partial charge in [0.2, 0.25) is 11.2 Å². The van der Waals surface area contributed by atoms with Gasteiger partial charge in [0.15, 0.2) is 0 Å². The minimum absolute atomic E-state index is 0.209. The molecule has 0 spiro atoms. The molecule has 1 saturated heterocycles. The molecule has 0 radical (unpaired) electrons. The Balaban J connectivity index is 1.67. The SMILES string of the molecule is O=C1CCCN1c1ccc(-c2cnc(Cl)nc2C2CC2)cc1. The van der Waals surface area contributed by atoms with Gasteiger partial charge in [-0.15, -0.1) is 0 Å². The average Bonchev–Trinajstić information content (AvgIpc) is 3.29. The van der Waals surface area contributed by atoms with Crippen LogP contribution in [0.25, 0.3) is 11.1 Å². The largest absolute Gasteiger partial charge is 0.312 e. The maximum absolute atomic E-state index is 11.8. The number of amides is 1. The first-order valence-corrected chi connectivity index (χ1v) is 8.03. The Morgan fingerprint density at radius 2 is 1.95 bits per heavy atom. The van der Waals surface area contributed by atoms with Gasteiger partial charge in [-0.3, -0.25) is 4.79 Å². The minimum atomic E-state index is 0.209. The summed E-state index contributed by atoms with van der Waals surface area (Å²) in [6.45, 7) is 0.815. The van der Waals surface area contributed by atoms with E-state index in [1.54, 1.807) is 6.20 Å². The van der Waals surface area contributed by atoms with Crippen molar-refractivity contribution >= 4 is 23.2 Å². The van der Waals surface area contributed by atoms with Gasteiger partial charge in [-0.05, 0) is 48.6 Å². The Morgan fingerprint density at radius 1 is 1.18 bits per heavy atom. The second-order valence-electron chi connectivity index (χ2n) is 5.91.